The highest BCUT2D eigenvalue weighted by Gasteiger charge is 2.21. The average Bonchev–Trinajstić information content (AvgIpc) is 3.21. The summed E-state index contributed by atoms with van der Waals surface area (Å²) in [6.07, 6.45) is 0.901. The van der Waals surface area contributed by atoms with Crippen LogP contribution in [-0.4, -0.2) is 37.5 Å². The van der Waals surface area contributed by atoms with Gasteiger partial charge in [-0.2, -0.15) is 0 Å². The number of rotatable bonds is 5. The van der Waals surface area contributed by atoms with E-state index in [1.807, 2.05) is 34.9 Å². The van der Waals surface area contributed by atoms with E-state index < -0.39 is 6.10 Å². The molecule has 3 N–H and O–H groups in total. The minimum atomic E-state index is -0.839. The Morgan fingerprint density at radius 3 is 2.63 bits per heavy atom. The SMILES string of the molecule is Cc1ccc2c(-c3c(-c4ccccc4)ncn3C[C@H](O)CO)c(C)[nH]c2c1. The van der Waals surface area contributed by atoms with Gasteiger partial charge in [-0.1, -0.05) is 42.5 Å². The summed E-state index contributed by atoms with van der Waals surface area (Å²) in [5.41, 5.74) is 7.23. The third kappa shape index (κ3) is 3.16. The van der Waals surface area contributed by atoms with Crippen LogP contribution in [0.15, 0.2) is 54.9 Å². The number of nitrogens with one attached hydrogen (secondary N) is 1. The largest absolute Gasteiger partial charge is 0.394 e. The molecule has 5 nitrogen and oxygen atoms in total. The van der Waals surface area contributed by atoms with E-state index >= 15 is 0 Å². The number of aliphatic hydroxyl groups excluding tert-OH is 2. The van der Waals surface area contributed by atoms with Gasteiger partial charge in [0.25, 0.3) is 0 Å². The molecule has 138 valence electrons. The van der Waals surface area contributed by atoms with Gasteiger partial charge < -0.3 is 19.8 Å². The molecule has 0 bridgehead atoms. The molecule has 0 saturated heterocycles. The summed E-state index contributed by atoms with van der Waals surface area (Å²) < 4.78 is 1.93. The number of fused-ring (bicyclic) bond motifs is 1. The molecule has 0 aliphatic rings. The molecule has 27 heavy (non-hydrogen) atoms. The van der Waals surface area contributed by atoms with Crippen LogP contribution in [0.1, 0.15) is 11.3 Å². The average molecular weight is 361 g/mol. The third-order valence-corrected chi connectivity index (χ3v) is 4.88. The van der Waals surface area contributed by atoms with Crippen LogP contribution in [0.4, 0.5) is 0 Å². The lowest BCUT2D eigenvalue weighted by Crippen LogP contribution is -2.20. The lowest BCUT2D eigenvalue weighted by molar-refractivity contribution is 0.0815. The van der Waals surface area contributed by atoms with Gasteiger partial charge in [0.1, 0.15) is 0 Å². The lowest BCUT2D eigenvalue weighted by atomic mass is 10.0. The van der Waals surface area contributed by atoms with Crippen LogP contribution in [0.25, 0.3) is 33.4 Å². The molecule has 0 aliphatic carbocycles. The third-order valence-electron chi connectivity index (χ3n) is 4.88. The van der Waals surface area contributed by atoms with Crippen LogP contribution in [0, 0.1) is 13.8 Å². The first-order chi connectivity index (χ1) is 13.1. The van der Waals surface area contributed by atoms with E-state index in [9.17, 15) is 10.2 Å². The molecule has 2 aromatic heterocycles. The zero-order valence-electron chi connectivity index (χ0n) is 15.5. The van der Waals surface area contributed by atoms with Crippen LogP contribution >= 0.6 is 0 Å². The van der Waals surface area contributed by atoms with Crippen molar-refractivity contribution in [3.63, 3.8) is 0 Å². The van der Waals surface area contributed by atoms with Gasteiger partial charge in [0.15, 0.2) is 0 Å². The molecule has 0 spiro atoms. The molecule has 0 radical (unpaired) electrons. The van der Waals surface area contributed by atoms with E-state index in [-0.39, 0.29) is 13.2 Å². The number of imidazole rings is 1. The zero-order chi connectivity index (χ0) is 19.0. The molecule has 0 amide bonds. The normalized spacial score (nSPS) is 12.6. The van der Waals surface area contributed by atoms with Crippen molar-refractivity contribution in [3.8, 4) is 22.5 Å². The van der Waals surface area contributed by atoms with E-state index in [4.69, 9.17) is 0 Å². The minimum absolute atomic E-state index is 0.281. The molecule has 0 aliphatic heterocycles. The molecule has 0 unspecified atom stereocenters. The molecule has 2 heterocycles. The van der Waals surface area contributed by atoms with Crippen molar-refractivity contribution in [2.24, 2.45) is 0 Å². The van der Waals surface area contributed by atoms with Crippen molar-refractivity contribution in [1.29, 1.82) is 0 Å². The first-order valence-corrected chi connectivity index (χ1v) is 9.07. The standard InChI is InChI=1S/C22H23N3O2/c1-14-8-9-18-19(10-14)24-15(2)20(18)22-21(16-6-4-3-5-7-16)23-13-25(22)11-17(27)12-26/h3-10,13,17,24,26-27H,11-12H2,1-2H3/t17-/m0/s1. The van der Waals surface area contributed by atoms with E-state index in [0.29, 0.717) is 0 Å². The number of aromatic nitrogens is 3. The Bertz CT molecular complexity index is 1080. The van der Waals surface area contributed by atoms with Crippen LogP contribution in [0.5, 0.6) is 0 Å². The Morgan fingerprint density at radius 2 is 1.89 bits per heavy atom. The number of H-pyrrole nitrogens is 1. The Hall–Kier alpha value is -2.89. The van der Waals surface area contributed by atoms with Crippen molar-refractivity contribution in [2.75, 3.05) is 6.61 Å². The highest BCUT2D eigenvalue weighted by molar-refractivity contribution is 6.00. The van der Waals surface area contributed by atoms with Gasteiger partial charge in [0.2, 0.25) is 0 Å². The minimum Gasteiger partial charge on any atom is -0.394 e. The number of hydrogen-bond acceptors (Lipinski definition) is 3. The Balaban J connectivity index is 1.98. The van der Waals surface area contributed by atoms with Gasteiger partial charge in [-0.05, 0) is 25.5 Å². The maximum Gasteiger partial charge on any atom is 0.0964 e. The van der Waals surface area contributed by atoms with Crippen molar-refractivity contribution < 1.29 is 10.2 Å². The fraction of sp³-hybridized carbons (Fsp3) is 0.227. The first kappa shape index (κ1) is 17.5. The van der Waals surface area contributed by atoms with Gasteiger partial charge >= 0.3 is 0 Å². The van der Waals surface area contributed by atoms with Gasteiger partial charge in [-0.3, -0.25) is 0 Å². The van der Waals surface area contributed by atoms with Crippen LogP contribution in [-0.2, 0) is 6.54 Å². The Kier molecular flexibility index (Phi) is 4.56. The van der Waals surface area contributed by atoms with E-state index in [0.717, 1.165) is 39.1 Å². The molecule has 1 atom stereocenters. The maximum atomic E-state index is 10.0. The summed E-state index contributed by atoms with van der Waals surface area (Å²) in [6, 6.07) is 16.4. The van der Waals surface area contributed by atoms with Gasteiger partial charge in [-0.15, -0.1) is 0 Å². The van der Waals surface area contributed by atoms with E-state index in [2.05, 4.69) is 42.0 Å². The molecule has 2 aromatic carbocycles. The van der Waals surface area contributed by atoms with Crippen LogP contribution in [0.3, 0.4) is 0 Å². The smallest absolute Gasteiger partial charge is 0.0964 e. The summed E-state index contributed by atoms with van der Waals surface area (Å²) in [5.74, 6) is 0. The maximum absolute atomic E-state index is 10.0. The van der Waals surface area contributed by atoms with Crippen molar-refractivity contribution in [2.45, 2.75) is 26.5 Å². The fourth-order valence-electron chi connectivity index (χ4n) is 3.63. The number of aryl methyl sites for hydroxylation is 2. The summed E-state index contributed by atoms with van der Waals surface area (Å²) in [6.45, 7) is 4.12. The summed E-state index contributed by atoms with van der Waals surface area (Å²) >= 11 is 0. The molecular formula is C22H23N3O2. The molecule has 0 saturated carbocycles. The first-order valence-electron chi connectivity index (χ1n) is 9.07. The highest BCUT2D eigenvalue weighted by Crippen LogP contribution is 2.38. The monoisotopic (exact) mass is 361 g/mol. The topological polar surface area (TPSA) is 74.1 Å². The molecule has 4 aromatic rings. The van der Waals surface area contributed by atoms with Gasteiger partial charge in [-0.25, -0.2) is 4.98 Å². The number of benzene rings is 2. The number of aliphatic hydroxyl groups is 2. The molecule has 4 rings (SSSR count). The molecule has 0 fully saturated rings. The van der Waals surface area contributed by atoms with Crippen LogP contribution in [0.2, 0.25) is 0 Å². The van der Waals surface area contributed by atoms with Crippen LogP contribution < -0.4 is 0 Å². The van der Waals surface area contributed by atoms with Crippen molar-refractivity contribution in [1.82, 2.24) is 14.5 Å². The molecule has 5 heteroatoms. The Labute approximate surface area is 157 Å². The zero-order valence-corrected chi connectivity index (χ0v) is 15.5. The second kappa shape index (κ2) is 7.02. The van der Waals surface area contributed by atoms with E-state index in [1.54, 1.807) is 6.33 Å². The highest BCUT2D eigenvalue weighted by atomic mass is 16.3. The number of hydrogen-bond donors (Lipinski definition) is 3. The summed E-state index contributed by atoms with van der Waals surface area (Å²) in [4.78, 5) is 8.13. The van der Waals surface area contributed by atoms with Crippen molar-refractivity contribution in [3.05, 3.63) is 66.1 Å². The predicted octanol–water partition coefficient (Wildman–Crippen LogP) is 3.67. The number of aromatic amines is 1. The summed E-state index contributed by atoms with van der Waals surface area (Å²) in [7, 11) is 0. The van der Waals surface area contributed by atoms with Gasteiger partial charge in [0.05, 0.1) is 37.0 Å². The summed E-state index contributed by atoms with van der Waals surface area (Å²) in [5, 5.41) is 20.5. The quantitative estimate of drug-likeness (QED) is 0.508. The second-order valence-corrected chi connectivity index (χ2v) is 6.97. The lowest BCUT2D eigenvalue weighted by Gasteiger charge is -2.14. The number of nitrogens with zero attached hydrogens (tertiary/aromatic N) is 2. The fourth-order valence-corrected chi connectivity index (χ4v) is 3.63. The van der Waals surface area contributed by atoms with E-state index in [1.165, 1.54) is 5.56 Å². The van der Waals surface area contributed by atoms with Gasteiger partial charge in [0, 0.05) is 27.7 Å². The van der Waals surface area contributed by atoms with Crippen molar-refractivity contribution >= 4 is 10.9 Å². The second-order valence-electron chi connectivity index (χ2n) is 6.97. The Morgan fingerprint density at radius 1 is 1.11 bits per heavy atom. The predicted molar refractivity (Wildman–Crippen MR) is 108 cm³/mol. The molecular weight excluding hydrogens is 338 g/mol.